The third-order valence-electron chi connectivity index (χ3n) is 3.14. The number of rotatable bonds is 4. The Bertz CT molecular complexity index is 520. The van der Waals surface area contributed by atoms with Crippen LogP contribution in [0.4, 0.5) is 0 Å². The van der Waals surface area contributed by atoms with E-state index in [1.54, 1.807) is 12.3 Å². The second kappa shape index (κ2) is 6.12. The standard InChI is InChI=1S/C11H15ClN6O2/c1-16-4-5-17(11(16)10(13)15-18(19)20)7-8-2-3-9(12)14-6-8/h2-3,6,11H,4-5,7H2,1H3,(H2,13,15). The Morgan fingerprint density at radius 2 is 2.40 bits per heavy atom. The minimum absolute atomic E-state index is 0.0167. The summed E-state index contributed by atoms with van der Waals surface area (Å²) >= 11 is 5.74. The summed E-state index contributed by atoms with van der Waals surface area (Å²) in [5, 5.41) is 13.3. The van der Waals surface area contributed by atoms with E-state index in [1.165, 1.54) is 0 Å². The number of pyridine rings is 1. The van der Waals surface area contributed by atoms with E-state index in [1.807, 2.05) is 22.9 Å². The van der Waals surface area contributed by atoms with Crippen molar-refractivity contribution < 1.29 is 5.03 Å². The number of nitro groups is 1. The summed E-state index contributed by atoms with van der Waals surface area (Å²) in [5.41, 5.74) is 6.69. The van der Waals surface area contributed by atoms with Crippen molar-refractivity contribution in [3.8, 4) is 0 Å². The van der Waals surface area contributed by atoms with Gasteiger partial charge in [0.1, 0.15) is 11.3 Å². The molecule has 2 rings (SSSR count). The quantitative estimate of drug-likeness (QED) is 0.283. The second-order valence-corrected chi connectivity index (χ2v) is 4.96. The molecule has 1 aromatic heterocycles. The summed E-state index contributed by atoms with van der Waals surface area (Å²) in [6, 6.07) is 3.58. The summed E-state index contributed by atoms with van der Waals surface area (Å²) in [4.78, 5) is 18.4. The average Bonchev–Trinajstić information content (AvgIpc) is 2.72. The molecule has 108 valence electrons. The van der Waals surface area contributed by atoms with Crippen LogP contribution in [0.1, 0.15) is 5.56 Å². The van der Waals surface area contributed by atoms with E-state index in [4.69, 9.17) is 17.3 Å². The molecule has 1 aliphatic heterocycles. The third kappa shape index (κ3) is 3.41. The second-order valence-electron chi connectivity index (χ2n) is 4.58. The van der Waals surface area contributed by atoms with Crippen LogP contribution < -0.4 is 5.73 Å². The topological polar surface area (TPSA) is 101 Å². The number of hydrazone groups is 1. The Kier molecular flexibility index (Phi) is 4.48. The average molecular weight is 299 g/mol. The fourth-order valence-electron chi connectivity index (χ4n) is 2.27. The smallest absolute Gasteiger partial charge is 0.206 e. The highest BCUT2D eigenvalue weighted by Gasteiger charge is 2.33. The maximum absolute atomic E-state index is 10.5. The van der Waals surface area contributed by atoms with Gasteiger partial charge in [0.2, 0.25) is 5.84 Å². The molecule has 1 aliphatic rings. The number of amidine groups is 1. The highest BCUT2D eigenvalue weighted by Crippen LogP contribution is 2.17. The van der Waals surface area contributed by atoms with Crippen molar-refractivity contribution in [1.29, 1.82) is 0 Å². The predicted octanol–water partition coefficient (Wildman–Crippen LogP) is 0.357. The summed E-state index contributed by atoms with van der Waals surface area (Å²) in [7, 11) is 1.85. The number of hydrogen-bond acceptors (Lipinski definition) is 5. The number of aromatic nitrogens is 1. The first kappa shape index (κ1) is 14.6. The Labute approximate surface area is 121 Å². The van der Waals surface area contributed by atoms with Gasteiger partial charge in [0, 0.05) is 25.8 Å². The Morgan fingerprint density at radius 3 is 3.00 bits per heavy atom. The molecule has 1 unspecified atom stereocenters. The minimum Gasteiger partial charge on any atom is -0.380 e. The van der Waals surface area contributed by atoms with E-state index in [0.717, 1.165) is 18.7 Å². The van der Waals surface area contributed by atoms with E-state index in [9.17, 15) is 10.1 Å². The molecule has 2 heterocycles. The van der Waals surface area contributed by atoms with Crippen LogP contribution in [0.3, 0.4) is 0 Å². The van der Waals surface area contributed by atoms with Crippen molar-refractivity contribution in [3.63, 3.8) is 0 Å². The van der Waals surface area contributed by atoms with Crippen molar-refractivity contribution >= 4 is 17.4 Å². The van der Waals surface area contributed by atoms with Crippen LogP contribution in [0.2, 0.25) is 5.15 Å². The fourth-order valence-corrected chi connectivity index (χ4v) is 2.38. The van der Waals surface area contributed by atoms with Crippen LogP contribution in [0.15, 0.2) is 23.4 Å². The molecule has 2 N–H and O–H groups in total. The van der Waals surface area contributed by atoms with Gasteiger partial charge in [0.05, 0.1) is 5.10 Å². The van der Waals surface area contributed by atoms with E-state index < -0.39 is 5.03 Å². The highest BCUT2D eigenvalue weighted by molar-refractivity contribution is 6.29. The van der Waals surface area contributed by atoms with Crippen LogP contribution in [0.25, 0.3) is 0 Å². The van der Waals surface area contributed by atoms with Crippen molar-refractivity contribution in [3.05, 3.63) is 39.2 Å². The largest absolute Gasteiger partial charge is 0.380 e. The molecule has 0 saturated carbocycles. The zero-order valence-corrected chi connectivity index (χ0v) is 11.7. The molecule has 1 fully saturated rings. The normalized spacial score (nSPS) is 21.3. The first-order valence-electron chi connectivity index (χ1n) is 6.00. The Hall–Kier alpha value is -1.77. The molecular formula is C11H15ClN6O2. The molecule has 0 spiro atoms. The number of likely N-dealkylation sites (N-methyl/N-ethyl adjacent to an activating group) is 1. The SMILES string of the molecule is CN1CCN(Cc2ccc(Cl)nc2)C1/C(N)=N/[N+](=O)[O-]. The molecule has 20 heavy (non-hydrogen) atoms. The molecular weight excluding hydrogens is 284 g/mol. The van der Waals surface area contributed by atoms with Gasteiger partial charge in [-0.1, -0.05) is 17.7 Å². The van der Waals surface area contributed by atoms with Crippen molar-refractivity contribution in [2.24, 2.45) is 10.8 Å². The van der Waals surface area contributed by atoms with E-state index in [0.29, 0.717) is 11.7 Å². The third-order valence-corrected chi connectivity index (χ3v) is 3.36. The predicted molar refractivity (Wildman–Crippen MR) is 74.7 cm³/mol. The number of hydrogen-bond donors (Lipinski definition) is 1. The molecule has 0 radical (unpaired) electrons. The lowest BCUT2D eigenvalue weighted by Crippen LogP contribution is -2.47. The molecule has 9 heteroatoms. The minimum atomic E-state index is -0.774. The van der Waals surface area contributed by atoms with Crippen LogP contribution >= 0.6 is 11.6 Å². The van der Waals surface area contributed by atoms with Gasteiger partial charge in [0.25, 0.3) is 0 Å². The van der Waals surface area contributed by atoms with E-state index in [-0.39, 0.29) is 12.0 Å². The molecule has 1 atom stereocenters. The molecule has 1 saturated heterocycles. The van der Waals surface area contributed by atoms with Crippen molar-refractivity contribution in [2.75, 3.05) is 20.1 Å². The van der Waals surface area contributed by atoms with Crippen molar-refractivity contribution in [2.45, 2.75) is 12.7 Å². The van der Waals surface area contributed by atoms with Gasteiger partial charge in [0.15, 0.2) is 5.03 Å². The lowest BCUT2D eigenvalue weighted by atomic mass is 10.2. The molecule has 0 aromatic carbocycles. The molecule has 0 bridgehead atoms. The first-order valence-corrected chi connectivity index (χ1v) is 6.38. The van der Waals surface area contributed by atoms with Gasteiger partial charge < -0.3 is 5.73 Å². The van der Waals surface area contributed by atoms with E-state index in [2.05, 4.69) is 10.1 Å². The van der Waals surface area contributed by atoms with Gasteiger partial charge in [-0.15, -0.1) is 0 Å². The summed E-state index contributed by atoms with van der Waals surface area (Å²) < 4.78 is 0. The lowest BCUT2D eigenvalue weighted by Gasteiger charge is -2.25. The fraction of sp³-hybridized carbons (Fsp3) is 0.455. The zero-order valence-electron chi connectivity index (χ0n) is 10.9. The van der Waals surface area contributed by atoms with Gasteiger partial charge in [-0.3, -0.25) is 9.80 Å². The molecule has 0 amide bonds. The highest BCUT2D eigenvalue weighted by atomic mass is 35.5. The van der Waals surface area contributed by atoms with Crippen LogP contribution in [0, 0.1) is 10.1 Å². The maximum atomic E-state index is 10.5. The van der Waals surface area contributed by atoms with Crippen LogP contribution in [0.5, 0.6) is 0 Å². The van der Waals surface area contributed by atoms with Gasteiger partial charge in [-0.25, -0.2) is 15.1 Å². The van der Waals surface area contributed by atoms with Crippen molar-refractivity contribution in [1.82, 2.24) is 14.8 Å². The Morgan fingerprint density at radius 1 is 1.65 bits per heavy atom. The van der Waals surface area contributed by atoms with E-state index >= 15 is 0 Å². The Balaban J connectivity index is 2.13. The lowest BCUT2D eigenvalue weighted by molar-refractivity contribution is -0.485. The van der Waals surface area contributed by atoms with Gasteiger partial charge >= 0.3 is 0 Å². The monoisotopic (exact) mass is 298 g/mol. The zero-order chi connectivity index (χ0) is 14.7. The maximum Gasteiger partial charge on any atom is 0.206 e. The summed E-state index contributed by atoms with van der Waals surface area (Å²) in [6.45, 7) is 2.09. The number of nitrogens with zero attached hydrogens (tertiary/aromatic N) is 5. The summed E-state index contributed by atoms with van der Waals surface area (Å²) in [5.74, 6) is -0.0167. The van der Waals surface area contributed by atoms with Gasteiger partial charge in [-0.2, -0.15) is 0 Å². The van der Waals surface area contributed by atoms with Crippen LogP contribution in [-0.4, -0.2) is 52.0 Å². The van der Waals surface area contributed by atoms with Gasteiger partial charge in [-0.05, 0) is 18.7 Å². The number of halogens is 1. The number of nitrogens with two attached hydrogens (primary N) is 1. The first-order chi connectivity index (χ1) is 9.47. The summed E-state index contributed by atoms with van der Waals surface area (Å²) in [6.07, 6.45) is 1.30. The van der Waals surface area contributed by atoms with Crippen LogP contribution in [-0.2, 0) is 6.54 Å². The molecule has 8 nitrogen and oxygen atoms in total. The molecule has 0 aliphatic carbocycles. The molecule has 1 aromatic rings.